The molecule has 2 heterocycles. The van der Waals surface area contributed by atoms with Crippen molar-refractivity contribution in [3.63, 3.8) is 0 Å². The summed E-state index contributed by atoms with van der Waals surface area (Å²) in [6.07, 6.45) is 0. The Morgan fingerprint density at radius 1 is 0.757 bits per heavy atom. The van der Waals surface area contributed by atoms with E-state index in [1.165, 1.54) is 12.0 Å². The van der Waals surface area contributed by atoms with Crippen LogP contribution in [0.2, 0.25) is 20.1 Å². The standard InChI is InChI=1S/C26H18Cl4N2O5/c1-3-37-14-9-7-12(8-10-14)22-23(26(35)31(22)13-5-4-6-15(11-13)36-2)32-24(33)16-17(25(32)34)19(28)21(30)20(29)18(16)27/h4-11,22-23H,3H2,1-2H3/t22-,23+/m0/s1. The van der Waals surface area contributed by atoms with Gasteiger partial charge < -0.3 is 14.4 Å². The minimum atomic E-state index is -1.17. The molecule has 2 aliphatic rings. The summed E-state index contributed by atoms with van der Waals surface area (Å²) in [5.74, 6) is -0.825. The first-order valence-corrected chi connectivity index (χ1v) is 12.7. The average molecular weight is 580 g/mol. The van der Waals surface area contributed by atoms with Crippen LogP contribution < -0.4 is 14.4 Å². The lowest BCUT2D eigenvalue weighted by molar-refractivity contribution is -0.130. The minimum absolute atomic E-state index is 0.143. The minimum Gasteiger partial charge on any atom is -0.497 e. The predicted molar refractivity (Wildman–Crippen MR) is 142 cm³/mol. The number of methoxy groups -OCH3 is 1. The van der Waals surface area contributed by atoms with E-state index in [1.54, 1.807) is 48.5 Å². The fraction of sp³-hybridized carbons (Fsp3) is 0.192. The van der Waals surface area contributed by atoms with Gasteiger partial charge in [0.2, 0.25) is 0 Å². The SMILES string of the molecule is CCOc1ccc([C@H]2[C@@H](N3C(=O)c4c(Cl)c(Cl)c(Cl)c(Cl)c4C3=O)C(=O)N2c2cccc(OC)c2)cc1. The van der Waals surface area contributed by atoms with Gasteiger partial charge in [-0.05, 0) is 36.8 Å². The van der Waals surface area contributed by atoms with Crippen molar-refractivity contribution in [2.45, 2.75) is 19.0 Å². The number of hydrogen-bond acceptors (Lipinski definition) is 5. The fourth-order valence-electron chi connectivity index (χ4n) is 4.65. The molecule has 0 unspecified atom stereocenters. The van der Waals surface area contributed by atoms with Gasteiger partial charge in [-0.2, -0.15) is 0 Å². The lowest BCUT2D eigenvalue weighted by atomic mass is 9.86. The predicted octanol–water partition coefficient (Wildman–Crippen LogP) is 6.46. The van der Waals surface area contributed by atoms with Crippen molar-refractivity contribution >= 4 is 69.8 Å². The molecule has 0 saturated carbocycles. The van der Waals surface area contributed by atoms with E-state index in [2.05, 4.69) is 0 Å². The Kier molecular flexibility index (Phi) is 6.75. The first-order chi connectivity index (χ1) is 17.7. The highest BCUT2D eigenvalue weighted by Crippen LogP contribution is 2.49. The Hall–Kier alpha value is -2.97. The molecule has 37 heavy (non-hydrogen) atoms. The van der Waals surface area contributed by atoms with Crippen LogP contribution in [0.5, 0.6) is 11.5 Å². The molecular weight excluding hydrogens is 562 g/mol. The molecule has 2 atom stereocenters. The van der Waals surface area contributed by atoms with Gasteiger partial charge in [0.15, 0.2) is 0 Å². The number of anilines is 1. The van der Waals surface area contributed by atoms with Gasteiger partial charge in [-0.25, -0.2) is 0 Å². The quantitative estimate of drug-likeness (QED) is 0.145. The number of carbonyl (C=O) groups excluding carboxylic acids is 3. The Labute approximate surface area is 232 Å². The highest BCUT2D eigenvalue weighted by molar-refractivity contribution is 6.55. The molecule has 0 spiro atoms. The maximum Gasteiger partial charge on any atom is 0.264 e. The van der Waals surface area contributed by atoms with Crippen LogP contribution in [0.25, 0.3) is 0 Å². The van der Waals surface area contributed by atoms with Crippen molar-refractivity contribution in [2.75, 3.05) is 18.6 Å². The van der Waals surface area contributed by atoms with Crippen LogP contribution in [0.4, 0.5) is 5.69 Å². The number of carbonyl (C=O) groups is 3. The molecule has 0 N–H and O–H groups in total. The Morgan fingerprint density at radius 2 is 1.35 bits per heavy atom. The number of β-lactam (4-membered cyclic amide) rings is 1. The fourth-order valence-corrected chi connectivity index (χ4v) is 5.67. The first kappa shape index (κ1) is 25.7. The zero-order chi connectivity index (χ0) is 26.6. The van der Waals surface area contributed by atoms with E-state index >= 15 is 0 Å². The van der Waals surface area contributed by atoms with Gasteiger partial charge in [0.05, 0.1) is 51.0 Å². The monoisotopic (exact) mass is 578 g/mol. The number of hydrogen-bond donors (Lipinski definition) is 0. The van der Waals surface area contributed by atoms with Crippen LogP contribution in [-0.2, 0) is 4.79 Å². The summed E-state index contributed by atoms with van der Waals surface area (Å²) in [6.45, 7) is 2.36. The molecule has 11 heteroatoms. The van der Waals surface area contributed by atoms with Gasteiger partial charge in [0, 0.05) is 11.8 Å². The van der Waals surface area contributed by atoms with Crippen molar-refractivity contribution in [2.24, 2.45) is 0 Å². The smallest absolute Gasteiger partial charge is 0.264 e. The van der Waals surface area contributed by atoms with E-state index < -0.39 is 29.8 Å². The van der Waals surface area contributed by atoms with Crippen molar-refractivity contribution in [3.05, 3.63) is 85.3 Å². The Morgan fingerprint density at radius 3 is 1.89 bits per heavy atom. The van der Waals surface area contributed by atoms with Crippen molar-refractivity contribution in [1.82, 2.24) is 4.90 Å². The van der Waals surface area contributed by atoms with Gasteiger partial charge >= 0.3 is 0 Å². The number of fused-ring (bicyclic) bond motifs is 1. The zero-order valence-corrected chi connectivity index (χ0v) is 22.5. The normalized spacial score (nSPS) is 18.7. The number of halogens is 4. The molecule has 0 radical (unpaired) electrons. The van der Waals surface area contributed by atoms with Crippen LogP contribution in [0.15, 0.2) is 48.5 Å². The van der Waals surface area contributed by atoms with Crippen molar-refractivity contribution < 1.29 is 23.9 Å². The second-order valence-electron chi connectivity index (χ2n) is 8.29. The van der Waals surface area contributed by atoms with E-state index in [0.29, 0.717) is 29.4 Å². The maximum absolute atomic E-state index is 13.6. The Bertz CT molecular complexity index is 1410. The summed E-state index contributed by atoms with van der Waals surface area (Å²) in [5.41, 5.74) is 0.868. The lowest BCUT2D eigenvalue weighted by Gasteiger charge is -2.49. The summed E-state index contributed by atoms with van der Waals surface area (Å²) in [4.78, 5) is 43.1. The van der Waals surface area contributed by atoms with Crippen LogP contribution in [-0.4, -0.2) is 42.4 Å². The largest absolute Gasteiger partial charge is 0.497 e. The maximum atomic E-state index is 13.6. The molecule has 5 rings (SSSR count). The number of rotatable bonds is 6. The summed E-state index contributed by atoms with van der Waals surface area (Å²) >= 11 is 24.9. The van der Waals surface area contributed by atoms with E-state index in [0.717, 1.165) is 4.90 Å². The van der Waals surface area contributed by atoms with Gasteiger partial charge in [-0.15, -0.1) is 0 Å². The van der Waals surface area contributed by atoms with Crippen LogP contribution in [0.3, 0.4) is 0 Å². The van der Waals surface area contributed by atoms with E-state index in [9.17, 15) is 14.4 Å². The van der Waals surface area contributed by atoms with Gasteiger partial charge in [0.25, 0.3) is 17.7 Å². The molecule has 3 aromatic carbocycles. The molecule has 190 valence electrons. The third kappa shape index (κ3) is 3.92. The molecule has 2 aliphatic heterocycles. The van der Waals surface area contributed by atoms with Crippen molar-refractivity contribution in [3.8, 4) is 11.5 Å². The van der Waals surface area contributed by atoms with E-state index in [4.69, 9.17) is 55.9 Å². The van der Waals surface area contributed by atoms with E-state index in [1.807, 2.05) is 6.92 Å². The van der Waals surface area contributed by atoms with Gasteiger partial charge in [-0.3, -0.25) is 19.3 Å². The average Bonchev–Trinajstić information content (AvgIpc) is 3.15. The molecule has 3 aromatic rings. The lowest BCUT2D eigenvalue weighted by Crippen LogP contribution is -2.67. The topological polar surface area (TPSA) is 76.2 Å². The molecule has 0 bridgehead atoms. The second kappa shape index (κ2) is 9.72. The summed E-state index contributed by atoms with van der Waals surface area (Å²) < 4.78 is 10.9. The van der Waals surface area contributed by atoms with Crippen molar-refractivity contribution in [1.29, 1.82) is 0 Å². The van der Waals surface area contributed by atoms with Gasteiger partial charge in [-0.1, -0.05) is 64.6 Å². The zero-order valence-electron chi connectivity index (χ0n) is 19.4. The number of nitrogens with zero attached hydrogens (tertiary/aromatic N) is 2. The third-order valence-corrected chi connectivity index (χ3v) is 8.14. The molecule has 3 amide bonds. The molecular formula is C26H18Cl4N2O5. The molecule has 1 saturated heterocycles. The van der Waals surface area contributed by atoms with Crippen LogP contribution in [0, 0.1) is 0 Å². The number of amides is 3. The Balaban J connectivity index is 1.61. The first-order valence-electron chi connectivity index (χ1n) is 11.1. The highest BCUT2D eigenvalue weighted by Gasteiger charge is 2.58. The highest BCUT2D eigenvalue weighted by atomic mass is 35.5. The third-order valence-electron chi connectivity index (χ3n) is 6.34. The summed E-state index contributed by atoms with van der Waals surface area (Å²) in [7, 11) is 1.52. The van der Waals surface area contributed by atoms with Crippen LogP contribution in [0.1, 0.15) is 39.2 Å². The number of benzene rings is 3. The van der Waals surface area contributed by atoms with E-state index in [-0.39, 0.29) is 31.2 Å². The molecule has 7 nitrogen and oxygen atoms in total. The molecule has 0 aromatic heterocycles. The number of imide groups is 1. The summed E-state index contributed by atoms with van der Waals surface area (Å²) in [6, 6.07) is 12.2. The molecule has 1 fully saturated rings. The molecule has 0 aliphatic carbocycles. The number of ether oxygens (including phenoxy) is 2. The van der Waals surface area contributed by atoms with Crippen LogP contribution >= 0.6 is 46.4 Å². The summed E-state index contributed by atoms with van der Waals surface area (Å²) in [5, 5.41) is -0.672. The van der Waals surface area contributed by atoms with Gasteiger partial charge in [0.1, 0.15) is 17.5 Å². The second-order valence-corrected chi connectivity index (χ2v) is 9.80.